The molecule has 0 saturated carbocycles. The number of hydrogen-bond donors (Lipinski definition) is 1. The van der Waals surface area contributed by atoms with Gasteiger partial charge in [-0.15, -0.1) is 5.06 Å². The van der Waals surface area contributed by atoms with Gasteiger partial charge in [0.25, 0.3) is 0 Å². The summed E-state index contributed by atoms with van der Waals surface area (Å²) in [4.78, 5) is 37.2. The molecular weight excluding hydrogens is 474 g/mol. The van der Waals surface area contributed by atoms with Crippen LogP contribution in [0.25, 0.3) is 0 Å². The van der Waals surface area contributed by atoms with E-state index in [9.17, 15) is 9.59 Å². The molecule has 1 saturated heterocycles. The number of morpholine rings is 1. The van der Waals surface area contributed by atoms with Gasteiger partial charge in [0.1, 0.15) is 0 Å². The van der Waals surface area contributed by atoms with E-state index in [2.05, 4.69) is 0 Å². The Hall–Kier alpha value is -3.17. The minimum atomic E-state index is -0.548. The van der Waals surface area contributed by atoms with Crippen LogP contribution in [0.3, 0.4) is 0 Å². The predicted molar refractivity (Wildman–Crippen MR) is 130 cm³/mol. The fraction of sp³-hybridized carbons (Fsp3) is 0.160. The monoisotopic (exact) mass is 493 g/mol. The molecule has 3 aromatic carbocycles. The lowest BCUT2D eigenvalue weighted by atomic mass is 9.96. The molecule has 0 radical (unpaired) electrons. The van der Waals surface area contributed by atoms with Gasteiger partial charge in [-0.2, -0.15) is 0 Å². The molecule has 7 nitrogen and oxygen atoms in total. The molecule has 2 aliphatic rings. The number of aliphatic imine (C=N–C) groups is 1. The molecule has 0 atom stereocenters. The van der Waals surface area contributed by atoms with Crippen molar-refractivity contribution in [3.8, 4) is 0 Å². The van der Waals surface area contributed by atoms with Crippen LogP contribution >= 0.6 is 23.4 Å². The summed E-state index contributed by atoms with van der Waals surface area (Å²) >= 11 is 7.73. The predicted octanol–water partition coefficient (Wildman–Crippen LogP) is 4.48. The number of fused-ring (bicyclic) bond motifs is 2. The van der Waals surface area contributed by atoms with Crippen LogP contribution in [0, 0.1) is 0 Å². The van der Waals surface area contributed by atoms with Gasteiger partial charge < -0.3 is 15.3 Å². The molecule has 0 aromatic heterocycles. The summed E-state index contributed by atoms with van der Waals surface area (Å²) in [5.74, 6) is -1.01. The van der Waals surface area contributed by atoms with Crippen molar-refractivity contribution in [3.05, 3.63) is 87.9 Å². The smallest absolute Gasteiger partial charge is 0.357 e. The van der Waals surface area contributed by atoms with Crippen molar-refractivity contribution >= 4 is 46.6 Å². The lowest BCUT2D eigenvalue weighted by Gasteiger charge is -2.25. The SMILES string of the molecule is NC(=O)c1cccc2c1C(c1cccc(Cl)c1)=Nc1cc(C(=O)ON3CCOCC3)ccc1S2. The molecule has 0 unspecified atom stereocenters. The van der Waals surface area contributed by atoms with Gasteiger partial charge in [-0.1, -0.05) is 41.6 Å². The van der Waals surface area contributed by atoms with E-state index in [0.29, 0.717) is 59.4 Å². The number of hydroxylamine groups is 2. The maximum Gasteiger partial charge on any atom is 0.357 e. The van der Waals surface area contributed by atoms with Crippen molar-refractivity contribution in [2.24, 2.45) is 10.7 Å². The average Bonchev–Trinajstić information content (AvgIpc) is 3.00. The quantitative estimate of drug-likeness (QED) is 0.450. The van der Waals surface area contributed by atoms with Crippen molar-refractivity contribution in [2.75, 3.05) is 26.3 Å². The van der Waals surface area contributed by atoms with Gasteiger partial charge in [0, 0.05) is 31.5 Å². The van der Waals surface area contributed by atoms with Crippen molar-refractivity contribution in [2.45, 2.75) is 9.79 Å². The van der Waals surface area contributed by atoms with E-state index in [0.717, 1.165) is 15.4 Å². The molecule has 1 fully saturated rings. The molecule has 9 heteroatoms. The second-order valence-corrected chi connectivity index (χ2v) is 9.24. The molecule has 34 heavy (non-hydrogen) atoms. The maximum atomic E-state index is 12.8. The largest absolute Gasteiger partial charge is 0.379 e. The first kappa shape index (κ1) is 22.6. The molecule has 172 valence electrons. The highest BCUT2D eigenvalue weighted by Crippen LogP contribution is 2.42. The normalized spacial score (nSPS) is 15.5. The highest BCUT2D eigenvalue weighted by molar-refractivity contribution is 7.99. The fourth-order valence-corrected chi connectivity index (χ4v) is 5.06. The average molecular weight is 494 g/mol. The van der Waals surface area contributed by atoms with Crippen LogP contribution in [0.4, 0.5) is 5.69 Å². The van der Waals surface area contributed by atoms with Crippen LogP contribution in [0.1, 0.15) is 31.8 Å². The summed E-state index contributed by atoms with van der Waals surface area (Å²) < 4.78 is 5.30. The van der Waals surface area contributed by atoms with Gasteiger partial charge in [0.05, 0.1) is 43.3 Å². The summed E-state index contributed by atoms with van der Waals surface area (Å²) in [7, 11) is 0. The standard InChI is InChI=1S/C25H20ClN3O4S/c26-17-4-1-3-15(13-17)23-22-18(24(27)30)5-2-6-21(22)34-20-8-7-16(14-19(20)28-23)25(31)33-29-9-11-32-12-10-29/h1-8,13-14H,9-12H2,(H2,27,30). The van der Waals surface area contributed by atoms with Gasteiger partial charge in [-0.3, -0.25) is 4.79 Å². The lowest BCUT2D eigenvalue weighted by molar-refractivity contribution is -0.150. The van der Waals surface area contributed by atoms with E-state index in [1.54, 1.807) is 41.5 Å². The molecule has 5 rings (SSSR count). The zero-order chi connectivity index (χ0) is 23.7. The highest BCUT2D eigenvalue weighted by atomic mass is 35.5. The lowest BCUT2D eigenvalue weighted by Crippen LogP contribution is -2.37. The fourth-order valence-electron chi connectivity index (χ4n) is 3.83. The second kappa shape index (κ2) is 9.60. The van der Waals surface area contributed by atoms with Crippen molar-refractivity contribution in [3.63, 3.8) is 0 Å². The third-order valence-corrected chi connectivity index (χ3v) is 6.82. The van der Waals surface area contributed by atoms with Crippen LogP contribution in [-0.2, 0) is 9.57 Å². The van der Waals surface area contributed by atoms with Gasteiger partial charge >= 0.3 is 5.97 Å². The number of ether oxygens (including phenoxy) is 1. The molecule has 2 aliphatic heterocycles. The molecule has 0 bridgehead atoms. The third kappa shape index (κ3) is 4.58. The maximum absolute atomic E-state index is 12.8. The van der Waals surface area contributed by atoms with E-state index < -0.39 is 11.9 Å². The number of rotatable bonds is 4. The number of carbonyl (C=O) groups excluding carboxylic acids is 2. The highest BCUT2D eigenvalue weighted by Gasteiger charge is 2.25. The van der Waals surface area contributed by atoms with Crippen LogP contribution < -0.4 is 5.73 Å². The molecular formula is C25H20ClN3O4S. The summed E-state index contributed by atoms with van der Waals surface area (Å²) in [6, 6.07) is 17.9. The Morgan fingerprint density at radius 3 is 2.59 bits per heavy atom. The molecule has 2 N–H and O–H groups in total. The van der Waals surface area contributed by atoms with Crippen molar-refractivity contribution in [1.82, 2.24) is 5.06 Å². The minimum absolute atomic E-state index is 0.364. The Balaban J connectivity index is 1.61. The van der Waals surface area contributed by atoms with E-state index in [1.807, 2.05) is 24.3 Å². The summed E-state index contributed by atoms with van der Waals surface area (Å²) in [6.07, 6.45) is 0. The molecule has 2 heterocycles. The van der Waals surface area contributed by atoms with E-state index in [4.69, 9.17) is 31.9 Å². The first-order chi connectivity index (χ1) is 16.5. The Bertz CT molecular complexity index is 1320. The molecule has 0 spiro atoms. The number of carbonyl (C=O) groups is 2. The Labute approximate surface area is 205 Å². The minimum Gasteiger partial charge on any atom is -0.379 e. The molecule has 0 aliphatic carbocycles. The number of benzene rings is 3. The number of hydrogen-bond acceptors (Lipinski definition) is 7. The summed E-state index contributed by atoms with van der Waals surface area (Å²) in [5.41, 5.74) is 8.96. The number of nitrogens with zero attached hydrogens (tertiary/aromatic N) is 2. The number of nitrogens with two attached hydrogens (primary N) is 1. The van der Waals surface area contributed by atoms with Crippen molar-refractivity contribution in [1.29, 1.82) is 0 Å². The van der Waals surface area contributed by atoms with Crippen molar-refractivity contribution < 1.29 is 19.2 Å². The third-order valence-electron chi connectivity index (χ3n) is 5.46. The summed E-state index contributed by atoms with van der Waals surface area (Å²) in [6.45, 7) is 2.08. The zero-order valence-corrected chi connectivity index (χ0v) is 19.6. The Kier molecular flexibility index (Phi) is 6.38. The van der Waals surface area contributed by atoms with E-state index in [-0.39, 0.29) is 0 Å². The van der Waals surface area contributed by atoms with Gasteiger partial charge in [0.2, 0.25) is 5.91 Å². The number of primary amides is 1. The van der Waals surface area contributed by atoms with Crippen LogP contribution in [-0.4, -0.2) is 49.0 Å². The van der Waals surface area contributed by atoms with E-state index >= 15 is 0 Å². The van der Waals surface area contributed by atoms with Crippen LogP contribution in [0.5, 0.6) is 0 Å². The summed E-state index contributed by atoms with van der Waals surface area (Å²) in [5, 5.41) is 2.14. The molecule has 1 amide bonds. The molecule has 3 aromatic rings. The first-order valence-corrected chi connectivity index (χ1v) is 11.8. The van der Waals surface area contributed by atoms with E-state index in [1.165, 1.54) is 11.8 Å². The zero-order valence-electron chi connectivity index (χ0n) is 18.0. The first-order valence-electron chi connectivity index (χ1n) is 10.6. The Morgan fingerprint density at radius 2 is 1.82 bits per heavy atom. The second-order valence-electron chi connectivity index (χ2n) is 7.72. The van der Waals surface area contributed by atoms with Gasteiger partial charge in [-0.05, 0) is 42.5 Å². The van der Waals surface area contributed by atoms with Crippen LogP contribution in [0.2, 0.25) is 5.02 Å². The number of halogens is 1. The topological polar surface area (TPSA) is 94.2 Å². The van der Waals surface area contributed by atoms with Crippen LogP contribution in [0.15, 0.2) is 75.4 Å². The van der Waals surface area contributed by atoms with Gasteiger partial charge in [0.15, 0.2) is 0 Å². The number of amides is 1. The van der Waals surface area contributed by atoms with Gasteiger partial charge in [-0.25, -0.2) is 9.79 Å². The Morgan fingerprint density at radius 1 is 1.03 bits per heavy atom.